The number of ether oxygens (including phenoxy) is 1. The lowest BCUT2D eigenvalue weighted by molar-refractivity contribution is -0.124. The van der Waals surface area contributed by atoms with Crippen LogP contribution in [-0.4, -0.2) is 12.0 Å². The third-order valence-corrected chi connectivity index (χ3v) is 2.88. The van der Waals surface area contributed by atoms with E-state index in [1.807, 2.05) is 31.2 Å². The zero-order valence-corrected chi connectivity index (χ0v) is 10.2. The third kappa shape index (κ3) is 2.22. The molecule has 0 aliphatic carbocycles. The molecule has 4 nitrogen and oxygen atoms in total. The van der Waals surface area contributed by atoms with E-state index >= 15 is 0 Å². The molecule has 0 bridgehead atoms. The minimum Gasteiger partial charge on any atom is -0.480 e. The Balaban J connectivity index is 2.45. The van der Waals surface area contributed by atoms with E-state index in [2.05, 4.69) is 0 Å². The molecule has 1 atom stereocenters. The van der Waals surface area contributed by atoms with E-state index in [1.54, 1.807) is 12.1 Å². The molecule has 4 N–H and O–H groups in total. The first-order chi connectivity index (χ1) is 8.63. The molecule has 0 saturated heterocycles. The second kappa shape index (κ2) is 4.96. The van der Waals surface area contributed by atoms with Crippen molar-refractivity contribution in [1.82, 2.24) is 0 Å². The summed E-state index contributed by atoms with van der Waals surface area (Å²) in [4.78, 5) is 11.2. The van der Waals surface area contributed by atoms with Crippen molar-refractivity contribution in [1.29, 1.82) is 0 Å². The number of carbonyl (C=O) groups is 1. The standard InChI is InChI=1S/C14H16N2O2/c1-2-12(14(16)17)18-13-8-7-11(15)9-5-3-4-6-10(9)13/h3-8,12H,2,15H2,1H3,(H2,16,17). The maximum absolute atomic E-state index is 11.2. The fourth-order valence-corrected chi connectivity index (χ4v) is 1.89. The monoisotopic (exact) mass is 244 g/mol. The number of hydrogen-bond acceptors (Lipinski definition) is 3. The van der Waals surface area contributed by atoms with Gasteiger partial charge in [-0.15, -0.1) is 0 Å². The van der Waals surface area contributed by atoms with Crippen LogP contribution in [-0.2, 0) is 4.79 Å². The number of nitrogen functional groups attached to an aromatic ring is 1. The Morgan fingerprint density at radius 1 is 1.22 bits per heavy atom. The summed E-state index contributed by atoms with van der Waals surface area (Å²) in [5.74, 6) is 0.170. The Kier molecular flexibility index (Phi) is 3.37. The van der Waals surface area contributed by atoms with Gasteiger partial charge in [-0.25, -0.2) is 0 Å². The van der Waals surface area contributed by atoms with Gasteiger partial charge in [-0.1, -0.05) is 31.2 Å². The Morgan fingerprint density at radius 2 is 1.89 bits per heavy atom. The van der Waals surface area contributed by atoms with Crippen molar-refractivity contribution < 1.29 is 9.53 Å². The van der Waals surface area contributed by atoms with Crippen molar-refractivity contribution in [2.24, 2.45) is 5.73 Å². The Labute approximate surface area is 106 Å². The Bertz CT molecular complexity index is 581. The molecule has 0 aliphatic rings. The molecule has 0 radical (unpaired) electrons. The van der Waals surface area contributed by atoms with Crippen molar-refractivity contribution in [3.05, 3.63) is 36.4 Å². The van der Waals surface area contributed by atoms with Gasteiger partial charge in [0.25, 0.3) is 5.91 Å². The maximum atomic E-state index is 11.2. The predicted molar refractivity (Wildman–Crippen MR) is 72.3 cm³/mol. The summed E-state index contributed by atoms with van der Waals surface area (Å²) < 4.78 is 5.66. The van der Waals surface area contributed by atoms with Crippen LogP contribution in [0.3, 0.4) is 0 Å². The molecule has 0 aromatic heterocycles. The topological polar surface area (TPSA) is 78.3 Å². The van der Waals surface area contributed by atoms with Crippen molar-refractivity contribution in [3.63, 3.8) is 0 Å². The van der Waals surface area contributed by atoms with Crippen LogP contribution in [0.15, 0.2) is 36.4 Å². The van der Waals surface area contributed by atoms with E-state index in [1.165, 1.54) is 0 Å². The molecule has 0 saturated carbocycles. The van der Waals surface area contributed by atoms with Gasteiger partial charge < -0.3 is 16.2 Å². The molecule has 2 rings (SSSR count). The largest absolute Gasteiger partial charge is 0.480 e. The number of carbonyl (C=O) groups excluding carboxylic acids is 1. The zero-order valence-electron chi connectivity index (χ0n) is 10.2. The number of anilines is 1. The van der Waals surface area contributed by atoms with Gasteiger partial charge in [0.05, 0.1) is 0 Å². The Morgan fingerprint density at radius 3 is 2.50 bits per heavy atom. The maximum Gasteiger partial charge on any atom is 0.258 e. The number of primary amides is 1. The van der Waals surface area contributed by atoms with Crippen LogP contribution in [0, 0.1) is 0 Å². The molecule has 2 aromatic rings. The van der Waals surface area contributed by atoms with Gasteiger partial charge in [-0.05, 0) is 18.6 Å². The number of hydrogen-bond donors (Lipinski definition) is 2. The minimum atomic E-state index is -0.614. The van der Waals surface area contributed by atoms with Crippen LogP contribution >= 0.6 is 0 Å². The van der Waals surface area contributed by atoms with E-state index in [0.717, 1.165) is 10.8 Å². The van der Waals surface area contributed by atoms with Gasteiger partial charge in [0.2, 0.25) is 0 Å². The number of fused-ring (bicyclic) bond motifs is 1. The SMILES string of the molecule is CCC(Oc1ccc(N)c2ccccc12)C(N)=O. The average molecular weight is 244 g/mol. The van der Waals surface area contributed by atoms with Crippen molar-refractivity contribution in [2.75, 3.05) is 5.73 Å². The van der Waals surface area contributed by atoms with E-state index in [0.29, 0.717) is 17.9 Å². The van der Waals surface area contributed by atoms with Crippen LogP contribution < -0.4 is 16.2 Å². The molecule has 94 valence electrons. The van der Waals surface area contributed by atoms with Gasteiger partial charge in [0.15, 0.2) is 6.10 Å². The second-order valence-electron chi connectivity index (χ2n) is 4.12. The summed E-state index contributed by atoms with van der Waals surface area (Å²) in [6.45, 7) is 1.86. The highest BCUT2D eigenvalue weighted by Crippen LogP contribution is 2.30. The van der Waals surface area contributed by atoms with Crippen molar-refractivity contribution in [3.8, 4) is 5.75 Å². The smallest absolute Gasteiger partial charge is 0.258 e. The van der Waals surface area contributed by atoms with Crippen LogP contribution in [0.5, 0.6) is 5.75 Å². The van der Waals surface area contributed by atoms with Crippen LogP contribution in [0.4, 0.5) is 5.69 Å². The predicted octanol–water partition coefficient (Wildman–Crippen LogP) is 2.06. The van der Waals surface area contributed by atoms with Crippen LogP contribution in [0.2, 0.25) is 0 Å². The highest BCUT2D eigenvalue weighted by atomic mass is 16.5. The average Bonchev–Trinajstić information content (AvgIpc) is 2.38. The molecule has 1 unspecified atom stereocenters. The van der Waals surface area contributed by atoms with Gasteiger partial charge in [-0.3, -0.25) is 4.79 Å². The van der Waals surface area contributed by atoms with Gasteiger partial charge in [0.1, 0.15) is 5.75 Å². The van der Waals surface area contributed by atoms with Crippen molar-refractivity contribution in [2.45, 2.75) is 19.4 Å². The summed E-state index contributed by atoms with van der Waals surface area (Å²) in [6.07, 6.45) is -0.0781. The fourth-order valence-electron chi connectivity index (χ4n) is 1.89. The molecule has 4 heteroatoms. The first-order valence-corrected chi connectivity index (χ1v) is 5.86. The number of rotatable bonds is 4. The summed E-state index contributed by atoms with van der Waals surface area (Å²) in [6, 6.07) is 11.2. The molecular weight excluding hydrogens is 228 g/mol. The number of benzene rings is 2. The molecule has 2 aromatic carbocycles. The molecule has 0 aliphatic heterocycles. The highest BCUT2D eigenvalue weighted by Gasteiger charge is 2.16. The van der Waals surface area contributed by atoms with E-state index < -0.39 is 12.0 Å². The van der Waals surface area contributed by atoms with Crippen LogP contribution in [0.1, 0.15) is 13.3 Å². The summed E-state index contributed by atoms with van der Waals surface area (Å²) >= 11 is 0. The number of nitrogens with two attached hydrogens (primary N) is 2. The van der Waals surface area contributed by atoms with Crippen molar-refractivity contribution >= 4 is 22.4 Å². The Hall–Kier alpha value is -2.23. The quantitative estimate of drug-likeness (QED) is 0.808. The number of amides is 1. The summed E-state index contributed by atoms with van der Waals surface area (Å²) in [5.41, 5.74) is 11.9. The minimum absolute atomic E-state index is 0.460. The molecule has 18 heavy (non-hydrogen) atoms. The van der Waals surface area contributed by atoms with E-state index in [-0.39, 0.29) is 0 Å². The molecule has 0 spiro atoms. The highest BCUT2D eigenvalue weighted by molar-refractivity contribution is 5.97. The first kappa shape index (κ1) is 12.2. The lowest BCUT2D eigenvalue weighted by Crippen LogP contribution is -2.33. The van der Waals surface area contributed by atoms with E-state index in [4.69, 9.17) is 16.2 Å². The first-order valence-electron chi connectivity index (χ1n) is 5.86. The molecule has 0 heterocycles. The summed E-state index contributed by atoms with van der Waals surface area (Å²) in [7, 11) is 0. The lowest BCUT2D eigenvalue weighted by Gasteiger charge is -2.16. The van der Waals surface area contributed by atoms with Gasteiger partial charge in [-0.2, -0.15) is 0 Å². The normalized spacial score (nSPS) is 12.3. The summed E-state index contributed by atoms with van der Waals surface area (Å²) in [5, 5.41) is 1.80. The van der Waals surface area contributed by atoms with E-state index in [9.17, 15) is 4.79 Å². The lowest BCUT2D eigenvalue weighted by atomic mass is 10.1. The second-order valence-corrected chi connectivity index (χ2v) is 4.12. The molecule has 0 fully saturated rings. The van der Waals surface area contributed by atoms with Gasteiger partial charge >= 0.3 is 0 Å². The zero-order chi connectivity index (χ0) is 13.1. The molecular formula is C14H16N2O2. The fraction of sp³-hybridized carbons (Fsp3) is 0.214. The third-order valence-electron chi connectivity index (χ3n) is 2.88. The van der Waals surface area contributed by atoms with Crippen LogP contribution in [0.25, 0.3) is 10.8 Å². The van der Waals surface area contributed by atoms with Gasteiger partial charge in [0, 0.05) is 16.5 Å². The molecule has 1 amide bonds.